The molecule has 94 valence electrons. The molecule has 2 aromatic carbocycles. The third-order valence-electron chi connectivity index (χ3n) is 2.91. The first kappa shape index (κ1) is 11.3. The second-order valence-corrected chi connectivity index (χ2v) is 4.21. The van der Waals surface area contributed by atoms with Crippen molar-refractivity contribution in [1.29, 1.82) is 0 Å². The molecule has 4 N–H and O–H groups in total. The number of aromatic nitrogens is 2. The molecule has 0 bridgehead atoms. The number of fused-ring (bicyclic) bond motifs is 1. The number of aromatic amines is 1. The van der Waals surface area contributed by atoms with E-state index in [1.807, 2.05) is 18.2 Å². The van der Waals surface area contributed by atoms with Gasteiger partial charge in [0.2, 0.25) is 0 Å². The highest BCUT2D eigenvalue weighted by atomic mass is 16.1. The molecule has 19 heavy (non-hydrogen) atoms. The van der Waals surface area contributed by atoms with E-state index in [4.69, 9.17) is 5.73 Å². The van der Waals surface area contributed by atoms with Gasteiger partial charge >= 0.3 is 0 Å². The maximum Gasteiger partial charge on any atom is 0.257 e. The minimum Gasteiger partial charge on any atom is -0.398 e. The molecule has 0 aliphatic rings. The molecule has 1 heterocycles. The Labute approximate surface area is 109 Å². The number of para-hydroxylation sites is 1. The van der Waals surface area contributed by atoms with Crippen LogP contribution in [0.25, 0.3) is 10.9 Å². The summed E-state index contributed by atoms with van der Waals surface area (Å²) in [7, 11) is 0. The number of hydrogen-bond donors (Lipinski definition) is 3. The first-order valence-electron chi connectivity index (χ1n) is 5.83. The quantitative estimate of drug-likeness (QED) is 0.612. The molecule has 0 aliphatic heterocycles. The van der Waals surface area contributed by atoms with Crippen molar-refractivity contribution in [3.8, 4) is 0 Å². The molecule has 0 fully saturated rings. The fourth-order valence-corrected chi connectivity index (χ4v) is 1.92. The van der Waals surface area contributed by atoms with Crippen molar-refractivity contribution in [3.05, 3.63) is 54.2 Å². The van der Waals surface area contributed by atoms with Crippen LogP contribution in [-0.2, 0) is 0 Å². The molecule has 1 amide bonds. The van der Waals surface area contributed by atoms with E-state index in [-0.39, 0.29) is 5.91 Å². The number of benzene rings is 2. The number of amides is 1. The standard InChI is InChI=1S/C14H12N4O/c15-12-4-2-1-3-11(12)14(19)17-10-6-5-9-8-16-18-13(9)7-10/h1-8H,15H2,(H,16,18)(H,17,19). The highest BCUT2D eigenvalue weighted by molar-refractivity contribution is 6.08. The maximum atomic E-state index is 12.1. The minimum atomic E-state index is -0.225. The van der Waals surface area contributed by atoms with Crippen molar-refractivity contribution in [3.63, 3.8) is 0 Å². The highest BCUT2D eigenvalue weighted by Gasteiger charge is 2.09. The predicted octanol–water partition coefficient (Wildman–Crippen LogP) is 2.40. The lowest BCUT2D eigenvalue weighted by molar-refractivity contribution is 0.102. The number of nitrogens with zero attached hydrogens (tertiary/aromatic N) is 1. The molecular formula is C14H12N4O. The van der Waals surface area contributed by atoms with Crippen LogP contribution in [0.5, 0.6) is 0 Å². The Morgan fingerprint density at radius 2 is 2.05 bits per heavy atom. The van der Waals surface area contributed by atoms with Crippen LogP contribution < -0.4 is 11.1 Å². The molecule has 0 saturated heterocycles. The van der Waals surface area contributed by atoms with Gasteiger partial charge in [0.25, 0.3) is 5.91 Å². The Hall–Kier alpha value is -2.82. The van der Waals surface area contributed by atoms with Gasteiger partial charge < -0.3 is 11.1 Å². The average Bonchev–Trinajstić information content (AvgIpc) is 2.86. The van der Waals surface area contributed by atoms with Gasteiger partial charge in [-0.15, -0.1) is 0 Å². The van der Waals surface area contributed by atoms with E-state index >= 15 is 0 Å². The summed E-state index contributed by atoms with van der Waals surface area (Å²) in [6, 6.07) is 12.5. The first-order valence-corrected chi connectivity index (χ1v) is 5.83. The summed E-state index contributed by atoms with van der Waals surface area (Å²) in [4.78, 5) is 12.1. The van der Waals surface area contributed by atoms with Crippen molar-refractivity contribution >= 4 is 28.2 Å². The Bertz CT molecular complexity index is 748. The van der Waals surface area contributed by atoms with Crippen molar-refractivity contribution < 1.29 is 4.79 Å². The number of H-pyrrole nitrogens is 1. The van der Waals surface area contributed by atoms with Crippen LogP contribution in [0.4, 0.5) is 11.4 Å². The number of carbonyl (C=O) groups is 1. The van der Waals surface area contributed by atoms with E-state index < -0.39 is 0 Å². The monoisotopic (exact) mass is 252 g/mol. The summed E-state index contributed by atoms with van der Waals surface area (Å²) in [5.74, 6) is -0.225. The Kier molecular flexibility index (Phi) is 2.64. The number of nitrogens with two attached hydrogens (primary N) is 1. The second kappa shape index (κ2) is 4.45. The smallest absolute Gasteiger partial charge is 0.257 e. The number of nitrogen functional groups attached to an aromatic ring is 1. The van der Waals surface area contributed by atoms with E-state index in [1.165, 1.54) is 0 Å². The van der Waals surface area contributed by atoms with Crippen LogP contribution in [0.1, 0.15) is 10.4 Å². The van der Waals surface area contributed by atoms with Gasteiger partial charge in [0.05, 0.1) is 17.3 Å². The Morgan fingerprint density at radius 1 is 1.21 bits per heavy atom. The lowest BCUT2D eigenvalue weighted by Crippen LogP contribution is -2.13. The van der Waals surface area contributed by atoms with E-state index in [9.17, 15) is 4.79 Å². The SMILES string of the molecule is Nc1ccccc1C(=O)Nc1ccc2cn[nH]c2c1. The van der Waals surface area contributed by atoms with Crippen LogP contribution in [0.2, 0.25) is 0 Å². The summed E-state index contributed by atoms with van der Waals surface area (Å²) in [6.07, 6.45) is 1.73. The molecular weight excluding hydrogens is 240 g/mol. The van der Waals surface area contributed by atoms with E-state index in [2.05, 4.69) is 15.5 Å². The van der Waals surface area contributed by atoms with Crippen LogP contribution in [-0.4, -0.2) is 16.1 Å². The first-order chi connectivity index (χ1) is 9.24. The van der Waals surface area contributed by atoms with Crippen LogP contribution in [0.15, 0.2) is 48.7 Å². The number of carbonyl (C=O) groups excluding carboxylic acids is 1. The van der Waals surface area contributed by atoms with Crippen molar-refractivity contribution in [2.45, 2.75) is 0 Å². The third kappa shape index (κ3) is 2.13. The second-order valence-electron chi connectivity index (χ2n) is 4.21. The number of nitrogens with one attached hydrogen (secondary N) is 2. The largest absolute Gasteiger partial charge is 0.398 e. The van der Waals surface area contributed by atoms with Gasteiger partial charge in [0.1, 0.15) is 0 Å². The summed E-state index contributed by atoms with van der Waals surface area (Å²) in [5.41, 5.74) is 8.27. The molecule has 0 unspecified atom stereocenters. The zero-order chi connectivity index (χ0) is 13.2. The summed E-state index contributed by atoms with van der Waals surface area (Å²) < 4.78 is 0. The highest BCUT2D eigenvalue weighted by Crippen LogP contribution is 2.18. The lowest BCUT2D eigenvalue weighted by atomic mass is 10.1. The van der Waals surface area contributed by atoms with Crippen molar-refractivity contribution in [1.82, 2.24) is 10.2 Å². The van der Waals surface area contributed by atoms with Gasteiger partial charge in [0, 0.05) is 16.8 Å². The van der Waals surface area contributed by atoms with E-state index in [0.717, 1.165) is 10.9 Å². The molecule has 0 spiro atoms. The third-order valence-corrected chi connectivity index (χ3v) is 2.91. The average molecular weight is 252 g/mol. The summed E-state index contributed by atoms with van der Waals surface area (Å²) >= 11 is 0. The lowest BCUT2D eigenvalue weighted by Gasteiger charge is -2.07. The normalized spacial score (nSPS) is 10.5. The van der Waals surface area contributed by atoms with E-state index in [0.29, 0.717) is 16.9 Å². The molecule has 3 aromatic rings. The van der Waals surface area contributed by atoms with Crippen LogP contribution in [0, 0.1) is 0 Å². The van der Waals surface area contributed by atoms with Gasteiger partial charge in [-0.05, 0) is 30.3 Å². The van der Waals surface area contributed by atoms with Crippen molar-refractivity contribution in [2.75, 3.05) is 11.1 Å². The summed E-state index contributed by atoms with van der Waals surface area (Å²) in [6.45, 7) is 0. The number of anilines is 2. The molecule has 3 rings (SSSR count). The number of rotatable bonds is 2. The Morgan fingerprint density at radius 3 is 2.89 bits per heavy atom. The molecule has 0 radical (unpaired) electrons. The van der Waals surface area contributed by atoms with Crippen LogP contribution >= 0.6 is 0 Å². The fraction of sp³-hybridized carbons (Fsp3) is 0. The zero-order valence-electron chi connectivity index (χ0n) is 10.1. The van der Waals surface area contributed by atoms with Crippen molar-refractivity contribution in [2.24, 2.45) is 0 Å². The molecule has 5 heteroatoms. The maximum absolute atomic E-state index is 12.1. The van der Waals surface area contributed by atoms with Gasteiger partial charge in [0.15, 0.2) is 0 Å². The molecule has 5 nitrogen and oxygen atoms in total. The summed E-state index contributed by atoms with van der Waals surface area (Å²) in [5, 5.41) is 10.6. The fourth-order valence-electron chi connectivity index (χ4n) is 1.92. The van der Waals surface area contributed by atoms with Gasteiger partial charge in [-0.3, -0.25) is 9.89 Å². The number of hydrogen-bond acceptors (Lipinski definition) is 3. The molecule has 0 saturated carbocycles. The Balaban J connectivity index is 1.88. The van der Waals surface area contributed by atoms with Gasteiger partial charge in [-0.2, -0.15) is 5.10 Å². The zero-order valence-corrected chi connectivity index (χ0v) is 10.1. The molecule has 0 aliphatic carbocycles. The van der Waals surface area contributed by atoms with Gasteiger partial charge in [-0.25, -0.2) is 0 Å². The molecule has 1 aromatic heterocycles. The van der Waals surface area contributed by atoms with Gasteiger partial charge in [-0.1, -0.05) is 12.1 Å². The van der Waals surface area contributed by atoms with E-state index in [1.54, 1.807) is 30.5 Å². The molecule has 0 atom stereocenters. The predicted molar refractivity (Wildman–Crippen MR) is 74.9 cm³/mol. The van der Waals surface area contributed by atoms with Crippen LogP contribution in [0.3, 0.4) is 0 Å². The minimum absolute atomic E-state index is 0.225. The topological polar surface area (TPSA) is 83.8 Å².